The molecule has 0 aliphatic heterocycles. The Morgan fingerprint density at radius 1 is 1.24 bits per heavy atom. The van der Waals surface area contributed by atoms with Crippen LogP contribution in [0.3, 0.4) is 0 Å². The van der Waals surface area contributed by atoms with Crippen LogP contribution in [0.2, 0.25) is 0 Å². The van der Waals surface area contributed by atoms with E-state index in [0.29, 0.717) is 18.4 Å². The molecule has 0 heterocycles. The fourth-order valence-corrected chi connectivity index (χ4v) is 5.13. The SMILES string of the molecule is CCC(C)C(=O)OC12CC3CC(CC(OCCO)(C3)C1)C2. The lowest BCUT2D eigenvalue weighted by atomic mass is 9.52. The summed E-state index contributed by atoms with van der Waals surface area (Å²) in [5.74, 6) is 1.17. The van der Waals surface area contributed by atoms with E-state index < -0.39 is 0 Å². The molecule has 0 radical (unpaired) electrons. The van der Waals surface area contributed by atoms with Crippen molar-refractivity contribution in [2.45, 2.75) is 70.0 Å². The Balaban J connectivity index is 1.75. The lowest BCUT2D eigenvalue weighted by Gasteiger charge is -2.60. The minimum absolute atomic E-state index is 0.0210. The van der Waals surface area contributed by atoms with Crippen LogP contribution in [0.15, 0.2) is 0 Å². The minimum Gasteiger partial charge on any atom is -0.459 e. The van der Waals surface area contributed by atoms with Gasteiger partial charge in [0.15, 0.2) is 0 Å². The van der Waals surface area contributed by atoms with Crippen molar-refractivity contribution in [3.8, 4) is 0 Å². The van der Waals surface area contributed by atoms with Crippen LogP contribution in [-0.4, -0.2) is 35.5 Å². The van der Waals surface area contributed by atoms with E-state index in [9.17, 15) is 4.79 Å². The predicted octanol–water partition coefficient (Wildman–Crippen LogP) is 2.68. The van der Waals surface area contributed by atoms with Crippen molar-refractivity contribution in [1.82, 2.24) is 0 Å². The largest absolute Gasteiger partial charge is 0.459 e. The third-order valence-corrected chi connectivity index (χ3v) is 5.79. The van der Waals surface area contributed by atoms with Gasteiger partial charge in [0.25, 0.3) is 0 Å². The second-order valence-corrected chi connectivity index (χ2v) is 7.63. The van der Waals surface area contributed by atoms with Crippen LogP contribution < -0.4 is 0 Å². The number of rotatable bonds is 6. The Hall–Kier alpha value is -0.610. The van der Waals surface area contributed by atoms with E-state index in [1.165, 1.54) is 6.42 Å². The Morgan fingerprint density at radius 3 is 2.43 bits per heavy atom. The maximum absolute atomic E-state index is 12.3. The molecule has 0 aromatic heterocycles. The third-order valence-electron chi connectivity index (χ3n) is 5.79. The van der Waals surface area contributed by atoms with E-state index in [4.69, 9.17) is 14.6 Å². The van der Waals surface area contributed by atoms with E-state index in [1.54, 1.807) is 0 Å². The van der Waals surface area contributed by atoms with Crippen molar-refractivity contribution in [3.05, 3.63) is 0 Å². The summed E-state index contributed by atoms with van der Waals surface area (Å²) in [4.78, 5) is 12.3. The van der Waals surface area contributed by atoms with Crippen LogP contribution in [-0.2, 0) is 14.3 Å². The maximum atomic E-state index is 12.3. The van der Waals surface area contributed by atoms with Gasteiger partial charge in [0.05, 0.1) is 24.7 Å². The van der Waals surface area contributed by atoms with E-state index >= 15 is 0 Å². The molecular formula is C17H28O4. The molecule has 3 atom stereocenters. The summed E-state index contributed by atoms with van der Waals surface area (Å²) in [5, 5.41) is 9.07. The number of ether oxygens (including phenoxy) is 2. The smallest absolute Gasteiger partial charge is 0.309 e. The fraction of sp³-hybridized carbons (Fsp3) is 0.941. The Kier molecular flexibility index (Phi) is 4.04. The molecule has 0 aromatic carbocycles. The van der Waals surface area contributed by atoms with Crippen molar-refractivity contribution in [3.63, 3.8) is 0 Å². The standard InChI is InChI=1S/C17H28O4/c1-3-12(2)15(19)21-17-9-13-6-14(10-17)8-16(7-13,11-17)20-5-4-18/h12-14,18H,3-11H2,1-2H3. The molecule has 0 spiro atoms. The van der Waals surface area contributed by atoms with Gasteiger partial charge in [-0.2, -0.15) is 0 Å². The summed E-state index contributed by atoms with van der Waals surface area (Å²) in [6, 6.07) is 0. The van der Waals surface area contributed by atoms with Crippen molar-refractivity contribution >= 4 is 5.97 Å². The first-order valence-corrected chi connectivity index (χ1v) is 8.47. The molecule has 4 bridgehead atoms. The summed E-state index contributed by atoms with van der Waals surface area (Å²) in [6.45, 7) is 4.43. The van der Waals surface area contributed by atoms with Crippen LogP contribution in [0.5, 0.6) is 0 Å². The van der Waals surface area contributed by atoms with Gasteiger partial charge in [-0.1, -0.05) is 13.8 Å². The first kappa shape index (κ1) is 15.3. The Labute approximate surface area is 127 Å². The highest BCUT2D eigenvalue weighted by Gasteiger charge is 2.60. The van der Waals surface area contributed by atoms with Crippen molar-refractivity contribution < 1.29 is 19.4 Å². The first-order chi connectivity index (χ1) is 10.00. The molecule has 1 N–H and O–H groups in total. The highest BCUT2D eigenvalue weighted by molar-refractivity contribution is 5.72. The van der Waals surface area contributed by atoms with E-state index in [-0.39, 0.29) is 29.7 Å². The van der Waals surface area contributed by atoms with Crippen molar-refractivity contribution in [2.24, 2.45) is 17.8 Å². The van der Waals surface area contributed by atoms with Gasteiger partial charge in [-0.25, -0.2) is 0 Å². The molecule has 4 nitrogen and oxygen atoms in total. The summed E-state index contributed by atoms with van der Waals surface area (Å²) >= 11 is 0. The molecule has 4 aliphatic carbocycles. The topological polar surface area (TPSA) is 55.8 Å². The van der Waals surface area contributed by atoms with Gasteiger partial charge in [-0.3, -0.25) is 4.79 Å². The van der Waals surface area contributed by atoms with E-state index in [1.807, 2.05) is 13.8 Å². The highest BCUT2D eigenvalue weighted by Crippen LogP contribution is 2.60. The lowest BCUT2D eigenvalue weighted by Crippen LogP contribution is -2.61. The summed E-state index contributed by atoms with van der Waals surface area (Å²) in [5.41, 5.74) is -0.442. The number of hydrogen-bond donors (Lipinski definition) is 1. The van der Waals surface area contributed by atoms with Crippen LogP contribution >= 0.6 is 0 Å². The predicted molar refractivity (Wildman–Crippen MR) is 78.7 cm³/mol. The van der Waals surface area contributed by atoms with Gasteiger partial charge >= 0.3 is 5.97 Å². The molecule has 21 heavy (non-hydrogen) atoms. The average Bonchev–Trinajstić information content (AvgIpc) is 2.42. The number of carbonyl (C=O) groups excluding carboxylic acids is 1. The normalized spacial score (nSPS) is 42.0. The highest BCUT2D eigenvalue weighted by atomic mass is 16.6. The average molecular weight is 296 g/mol. The molecule has 3 unspecified atom stereocenters. The molecular weight excluding hydrogens is 268 g/mol. The molecule has 4 saturated carbocycles. The molecule has 4 aliphatic rings. The second-order valence-electron chi connectivity index (χ2n) is 7.63. The Morgan fingerprint density at radius 2 is 1.86 bits per heavy atom. The number of carbonyl (C=O) groups is 1. The van der Waals surface area contributed by atoms with Gasteiger partial charge in [0.1, 0.15) is 5.60 Å². The zero-order valence-electron chi connectivity index (χ0n) is 13.3. The van der Waals surface area contributed by atoms with Gasteiger partial charge < -0.3 is 14.6 Å². The number of aliphatic hydroxyl groups excluding tert-OH is 1. The molecule has 4 fully saturated rings. The van der Waals surface area contributed by atoms with E-state index in [0.717, 1.165) is 38.5 Å². The molecule has 0 saturated heterocycles. The van der Waals surface area contributed by atoms with Crippen molar-refractivity contribution in [2.75, 3.05) is 13.2 Å². The van der Waals surface area contributed by atoms with Gasteiger partial charge in [-0.15, -0.1) is 0 Å². The summed E-state index contributed by atoms with van der Waals surface area (Å²) in [7, 11) is 0. The third kappa shape index (κ3) is 2.85. The molecule has 4 rings (SSSR count). The van der Waals surface area contributed by atoms with Crippen LogP contribution in [0.4, 0.5) is 0 Å². The van der Waals surface area contributed by atoms with Gasteiger partial charge in [0.2, 0.25) is 0 Å². The number of esters is 1. The second kappa shape index (κ2) is 5.54. The lowest BCUT2D eigenvalue weighted by molar-refractivity contribution is -0.237. The zero-order valence-corrected chi connectivity index (χ0v) is 13.3. The molecule has 0 aromatic rings. The molecule has 4 heteroatoms. The Bertz CT molecular complexity index is 392. The fourth-order valence-electron chi connectivity index (χ4n) is 5.13. The van der Waals surface area contributed by atoms with Crippen molar-refractivity contribution in [1.29, 1.82) is 0 Å². The van der Waals surface area contributed by atoms with Crippen LogP contribution in [0.25, 0.3) is 0 Å². The van der Waals surface area contributed by atoms with Gasteiger partial charge in [-0.05, 0) is 50.4 Å². The minimum atomic E-state index is -0.292. The first-order valence-electron chi connectivity index (χ1n) is 8.47. The molecule has 120 valence electrons. The molecule has 0 amide bonds. The summed E-state index contributed by atoms with van der Waals surface area (Å²) < 4.78 is 12.1. The number of hydrogen-bond acceptors (Lipinski definition) is 4. The number of aliphatic hydroxyl groups is 1. The van der Waals surface area contributed by atoms with E-state index in [2.05, 4.69) is 0 Å². The summed E-state index contributed by atoms with van der Waals surface area (Å²) in [6.07, 6.45) is 7.08. The monoisotopic (exact) mass is 296 g/mol. The van der Waals surface area contributed by atoms with Crippen LogP contribution in [0, 0.1) is 17.8 Å². The maximum Gasteiger partial charge on any atom is 0.309 e. The quantitative estimate of drug-likeness (QED) is 0.766. The van der Waals surface area contributed by atoms with Gasteiger partial charge in [0, 0.05) is 6.42 Å². The zero-order chi connectivity index (χ0) is 15.1. The van der Waals surface area contributed by atoms with Crippen LogP contribution in [0.1, 0.15) is 58.8 Å².